The fourth-order valence-corrected chi connectivity index (χ4v) is 10.1. The standard InChI is InChI=1S/C16H21N3O11S2.C15H22O7S.C13H16O8S/c1-9-14(29-16(28-9)10-5-3-2-4-6-10)13-12(8-27-31(20,21)22)26-7-11(18-19-17)15(13)30-32(23,24)25;1-11-14(20-9-12-6-4-3-5-7-12)8-13(22-15(11)19-2)10-21-23(16,17)18;14-13(15)11-6-10(12(8-20-11)21-22(16,17)18)19-7-9-4-2-1-3-5-9/h2-6,9,11-16H,7-8H2,1H3,(H,20,21,22)(H,23,24,25);3-7,11,13-15H,8-10H2,1-2H3,(H,16,17,18);1-5,10-12H,6-8H2,(H,14,15)(H,16,17,18)/p-5/t9?,11?,12?,13-,14?,15-,16?;11?,13?,14-,15+;10-,11?,12?/m011/s1. The summed E-state index contributed by atoms with van der Waals surface area (Å²) in [4.78, 5) is 13.5. The Hall–Kier alpha value is -4.40. The molecule has 0 aromatic heterocycles. The van der Waals surface area contributed by atoms with E-state index in [-0.39, 0.29) is 38.3 Å². The molecule has 4 aliphatic heterocycles. The molecule has 3 aromatic carbocycles. The van der Waals surface area contributed by atoms with Gasteiger partial charge in [0.2, 0.25) is 41.6 Å². The Labute approximate surface area is 444 Å². The van der Waals surface area contributed by atoms with Crippen molar-refractivity contribution in [3.8, 4) is 0 Å². The summed E-state index contributed by atoms with van der Waals surface area (Å²) < 4.78 is 193. The zero-order valence-corrected chi connectivity index (χ0v) is 44.3. The number of azide groups is 1. The molecule has 14 atom stereocenters. The van der Waals surface area contributed by atoms with Gasteiger partial charge in [0.1, 0.15) is 6.10 Å². The van der Waals surface area contributed by atoms with Crippen LogP contribution in [-0.2, 0) is 114 Å². The van der Waals surface area contributed by atoms with E-state index in [2.05, 4.69) is 26.8 Å². The Kier molecular flexibility index (Phi) is 24.0. The zero-order valence-electron chi connectivity index (χ0n) is 41.0. The molecule has 0 amide bonds. The average Bonchev–Trinajstić information content (AvgIpc) is 3.77. The molecule has 4 aliphatic rings. The minimum atomic E-state index is -5.29. The van der Waals surface area contributed by atoms with Gasteiger partial charge in [0, 0.05) is 42.3 Å². The van der Waals surface area contributed by atoms with Crippen LogP contribution in [0.5, 0.6) is 0 Å². The highest BCUT2D eigenvalue weighted by Crippen LogP contribution is 2.41. The van der Waals surface area contributed by atoms with Gasteiger partial charge in [-0.05, 0) is 23.6 Å². The van der Waals surface area contributed by atoms with Gasteiger partial charge in [0.05, 0.1) is 100 Å². The van der Waals surface area contributed by atoms with Crippen LogP contribution in [-0.4, -0.2) is 159 Å². The van der Waals surface area contributed by atoms with E-state index >= 15 is 0 Å². The Bertz CT molecular complexity index is 2820. The summed E-state index contributed by atoms with van der Waals surface area (Å²) in [5.74, 6) is -2.70. The second kappa shape index (κ2) is 29.2. The number of carboxylic acids is 1. The number of methoxy groups -OCH3 is 1. The highest BCUT2D eigenvalue weighted by Gasteiger charge is 2.52. The molecule has 4 heterocycles. The SMILES string of the molecule is CC1OC(c2ccccc2)OC1[C@@H]1C(COS(=O)(=O)[O-])OCC(N=[N+]=[N-])[C@@H]1OS(=O)(=O)[O-].CO[C@H]1OC(COS(=O)(=O)[O-])C[C@@H](OCc2ccccc2)C1C.O=C([O-])C1C[C@@H](OCc2ccccc2)C(OS(=O)(=O)[O-])CO1. The third-order valence-electron chi connectivity index (χ3n) is 11.9. The van der Waals surface area contributed by atoms with Crippen molar-refractivity contribution in [2.24, 2.45) is 17.0 Å². The molecule has 7 rings (SSSR count). The summed E-state index contributed by atoms with van der Waals surface area (Å²) >= 11 is 0. The van der Waals surface area contributed by atoms with Gasteiger partial charge in [-0.15, -0.1) is 0 Å². The van der Waals surface area contributed by atoms with Gasteiger partial charge in [-0.3, -0.25) is 16.7 Å². The lowest BCUT2D eigenvalue weighted by molar-refractivity contribution is -0.321. The Morgan fingerprint density at radius 1 is 0.675 bits per heavy atom. The molecular weight excluding hydrogens is 1110 g/mol. The van der Waals surface area contributed by atoms with Crippen molar-refractivity contribution in [1.82, 2.24) is 0 Å². The van der Waals surface area contributed by atoms with Crippen molar-refractivity contribution in [3.63, 3.8) is 0 Å². The summed E-state index contributed by atoms with van der Waals surface area (Å²) in [6.07, 6.45) is -9.94. The number of carbonyl (C=O) groups excluding carboxylic acids is 1. The van der Waals surface area contributed by atoms with Crippen molar-refractivity contribution >= 4 is 47.6 Å². The van der Waals surface area contributed by atoms with Crippen LogP contribution in [0.1, 0.15) is 49.7 Å². The molecule has 0 N–H and O–H groups in total. The molecule has 0 spiro atoms. The number of carbonyl (C=O) groups is 1. The molecule has 430 valence electrons. The van der Waals surface area contributed by atoms with Gasteiger partial charge >= 0.3 is 0 Å². The lowest BCUT2D eigenvalue weighted by Crippen LogP contribution is -2.57. The predicted octanol–water partition coefficient (Wildman–Crippen LogP) is 0.907. The third kappa shape index (κ3) is 21.6. The Morgan fingerprint density at radius 2 is 1.22 bits per heavy atom. The largest absolute Gasteiger partial charge is 0.726 e. The number of nitrogens with zero attached hydrogens (tertiary/aromatic N) is 3. The minimum Gasteiger partial charge on any atom is -0.726 e. The Balaban J connectivity index is 0.000000218. The summed E-state index contributed by atoms with van der Waals surface area (Å²) in [6.45, 7) is 2.09. The van der Waals surface area contributed by atoms with E-state index in [1.807, 2.05) is 43.3 Å². The molecule has 33 heteroatoms. The van der Waals surface area contributed by atoms with E-state index in [1.165, 1.54) is 7.11 Å². The highest BCUT2D eigenvalue weighted by molar-refractivity contribution is 7.81. The van der Waals surface area contributed by atoms with Crippen LogP contribution in [0.4, 0.5) is 0 Å². The monoisotopic (exact) mass is 1170 g/mol. The quantitative estimate of drug-likeness (QED) is 0.0470. The molecule has 3 aromatic rings. The predicted molar refractivity (Wildman–Crippen MR) is 250 cm³/mol. The van der Waals surface area contributed by atoms with Crippen LogP contribution in [0.3, 0.4) is 0 Å². The van der Waals surface area contributed by atoms with E-state index in [4.69, 9.17) is 43.4 Å². The van der Waals surface area contributed by atoms with E-state index < -0.39 is 134 Å². The molecule has 4 fully saturated rings. The number of ether oxygens (including phenoxy) is 8. The number of hydrogen-bond donors (Lipinski definition) is 0. The smallest absolute Gasteiger partial charge is 0.218 e. The molecule has 29 nitrogen and oxygen atoms in total. The molecule has 0 radical (unpaired) electrons. The number of carboxylic acid groups (broad SMARTS) is 1. The molecule has 0 bridgehead atoms. The van der Waals surface area contributed by atoms with Crippen molar-refractivity contribution in [1.29, 1.82) is 0 Å². The third-order valence-corrected chi connectivity index (χ3v) is 13.7. The molecule has 9 unspecified atom stereocenters. The van der Waals surface area contributed by atoms with Gasteiger partial charge in [-0.2, -0.15) is 0 Å². The lowest BCUT2D eigenvalue weighted by atomic mass is 9.82. The van der Waals surface area contributed by atoms with Crippen molar-refractivity contribution in [2.45, 2.75) is 113 Å². The first-order valence-corrected chi connectivity index (χ1v) is 28.4. The molecular formula is C44H54N3O26S4-5. The van der Waals surface area contributed by atoms with Gasteiger partial charge in [-0.1, -0.05) is 103 Å². The number of aliphatic carboxylic acids is 1. The van der Waals surface area contributed by atoms with E-state index in [1.54, 1.807) is 61.5 Å². The van der Waals surface area contributed by atoms with Crippen molar-refractivity contribution in [2.75, 3.05) is 33.5 Å². The summed E-state index contributed by atoms with van der Waals surface area (Å²) in [7, 11) is -18.6. The maximum Gasteiger partial charge on any atom is 0.218 e. The molecule has 4 saturated heterocycles. The van der Waals surface area contributed by atoms with Gasteiger partial charge in [0.15, 0.2) is 12.6 Å². The summed E-state index contributed by atoms with van der Waals surface area (Å²) in [6, 6.07) is 26.1. The van der Waals surface area contributed by atoms with Crippen LogP contribution in [0.25, 0.3) is 10.4 Å². The topological polar surface area (TPSA) is 428 Å². The van der Waals surface area contributed by atoms with Gasteiger partial charge in [0.25, 0.3) is 0 Å². The second-order valence-corrected chi connectivity index (χ2v) is 21.4. The average molecular weight is 1170 g/mol. The Morgan fingerprint density at radius 3 is 1.74 bits per heavy atom. The van der Waals surface area contributed by atoms with Crippen LogP contribution < -0.4 is 5.11 Å². The van der Waals surface area contributed by atoms with Crippen LogP contribution in [0.2, 0.25) is 0 Å². The van der Waals surface area contributed by atoms with Crippen molar-refractivity contribution in [3.05, 3.63) is 118 Å². The maximum absolute atomic E-state index is 11.4. The fourth-order valence-electron chi connectivity index (χ4n) is 8.42. The zero-order chi connectivity index (χ0) is 56.6. The second-order valence-electron chi connectivity index (χ2n) is 17.3. The first-order valence-electron chi connectivity index (χ1n) is 23.0. The first kappa shape index (κ1) is 63.4. The maximum atomic E-state index is 11.4. The molecule has 77 heavy (non-hydrogen) atoms. The molecule has 0 saturated carbocycles. The fraction of sp³-hybridized carbons (Fsp3) is 0.568. The van der Waals surface area contributed by atoms with Crippen LogP contribution in [0.15, 0.2) is 96.1 Å². The normalized spacial score (nSPS) is 29.9. The first-order chi connectivity index (χ1) is 36.2. The number of benzene rings is 3. The number of rotatable bonds is 21. The van der Waals surface area contributed by atoms with Crippen LogP contribution >= 0.6 is 0 Å². The van der Waals surface area contributed by atoms with E-state index in [0.717, 1.165) is 11.1 Å². The number of hydrogen-bond acceptors (Lipinski definition) is 27. The lowest BCUT2D eigenvalue weighted by Gasteiger charge is -2.43. The van der Waals surface area contributed by atoms with E-state index in [9.17, 15) is 61.8 Å². The molecule has 0 aliphatic carbocycles. The van der Waals surface area contributed by atoms with Crippen molar-refractivity contribution < 1.29 is 116 Å². The summed E-state index contributed by atoms with van der Waals surface area (Å²) in [5, 5.41) is 14.3. The van der Waals surface area contributed by atoms with Gasteiger partial charge in [-0.25, -0.2) is 33.7 Å². The minimum absolute atomic E-state index is 0.0381. The van der Waals surface area contributed by atoms with Gasteiger partial charge < -0.3 is 66.0 Å². The highest BCUT2D eigenvalue weighted by atomic mass is 32.3. The van der Waals surface area contributed by atoms with E-state index in [0.29, 0.717) is 18.6 Å². The summed E-state index contributed by atoms with van der Waals surface area (Å²) in [5.41, 5.74) is 11.3. The van der Waals surface area contributed by atoms with Crippen LogP contribution in [0, 0.1) is 11.8 Å².